The molecule has 0 aliphatic heterocycles. The summed E-state index contributed by atoms with van der Waals surface area (Å²) in [6.07, 6.45) is -10.6. The molecule has 0 heterocycles. The third kappa shape index (κ3) is 2.26. The summed E-state index contributed by atoms with van der Waals surface area (Å²) < 4.78 is 87.6. The monoisotopic (exact) mass is 216 g/mol. The first-order valence-electron chi connectivity index (χ1n) is 2.33. The highest BCUT2D eigenvalue weighted by Gasteiger charge is 2.59. The van der Waals surface area contributed by atoms with E-state index in [1.54, 1.807) is 0 Å². The van der Waals surface area contributed by atoms with Gasteiger partial charge >= 0.3 is 11.4 Å². The maximum atomic E-state index is 11.7. The Morgan fingerprint density at radius 3 is 1.42 bits per heavy atom. The van der Waals surface area contributed by atoms with Gasteiger partial charge in [-0.1, -0.05) is 0 Å². The number of halogens is 6. The number of thiol groups is 1. The molecule has 0 amide bonds. The molecule has 0 aromatic heterocycles. The van der Waals surface area contributed by atoms with Crippen LogP contribution in [0.5, 0.6) is 0 Å². The lowest BCUT2D eigenvalue weighted by atomic mass is 10.4. The normalized spacial score (nSPS) is 16.6. The quantitative estimate of drug-likeness (QED) is 0.553. The van der Waals surface area contributed by atoms with Crippen molar-refractivity contribution in [1.82, 2.24) is 0 Å². The molecule has 0 fully saturated rings. The van der Waals surface area contributed by atoms with Crippen LogP contribution in [0.1, 0.15) is 0 Å². The minimum Gasteiger partial charge on any atom is -0.229 e. The molecule has 1 unspecified atom stereocenters. The van der Waals surface area contributed by atoms with Gasteiger partial charge in [0.05, 0.1) is 0 Å². The second-order valence-electron chi connectivity index (χ2n) is 1.75. The van der Waals surface area contributed by atoms with Gasteiger partial charge in [-0.25, -0.2) is 12.8 Å². The summed E-state index contributed by atoms with van der Waals surface area (Å²) in [6, 6.07) is 0. The highest BCUT2D eigenvalue weighted by Crippen LogP contribution is 2.35. The Balaban J connectivity index is 4.81. The average molecular weight is 216 g/mol. The third-order valence-electron chi connectivity index (χ3n) is 0.836. The van der Waals surface area contributed by atoms with Crippen molar-refractivity contribution in [2.24, 2.45) is 0 Å². The Kier molecular flexibility index (Phi) is 2.99. The fourth-order valence-corrected chi connectivity index (χ4v) is 0.621. The molecular formula is C3H2F6O2S. The lowest BCUT2D eigenvalue weighted by Gasteiger charge is -2.16. The van der Waals surface area contributed by atoms with Crippen LogP contribution in [0.3, 0.4) is 0 Å². The fraction of sp³-hybridized carbons (Fsp3) is 1.00. The van der Waals surface area contributed by atoms with E-state index in [0.717, 1.165) is 0 Å². The van der Waals surface area contributed by atoms with Crippen LogP contribution in [0.25, 0.3) is 0 Å². The van der Waals surface area contributed by atoms with Crippen molar-refractivity contribution < 1.29 is 34.8 Å². The molecule has 0 aromatic carbocycles. The van der Waals surface area contributed by atoms with Crippen molar-refractivity contribution in [1.29, 1.82) is 0 Å². The number of rotatable bonds is 2. The predicted molar refractivity (Wildman–Crippen MR) is 26.2 cm³/mol. The van der Waals surface area contributed by atoms with E-state index in [2.05, 4.69) is 0 Å². The van der Waals surface area contributed by atoms with E-state index in [0.29, 0.717) is 0 Å². The summed E-state index contributed by atoms with van der Waals surface area (Å²) in [7, 11) is -4.78. The first-order valence-corrected chi connectivity index (χ1v) is 3.51. The molecule has 0 aliphatic rings. The number of alkyl halides is 6. The SMILES string of the molecule is O=[SH](=O)C(F)(F)C(F)C(F)(F)F. The molecule has 0 rings (SSSR count). The summed E-state index contributed by atoms with van der Waals surface area (Å²) >= 11 is 0. The van der Waals surface area contributed by atoms with Crippen LogP contribution in [0.15, 0.2) is 0 Å². The van der Waals surface area contributed by atoms with Crippen LogP contribution in [0, 0.1) is 0 Å². The van der Waals surface area contributed by atoms with Crippen LogP contribution in [-0.2, 0) is 10.7 Å². The van der Waals surface area contributed by atoms with E-state index in [-0.39, 0.29) is 0 Å². The molecule has 0 N–H and O–H groups in total. The van der Waals surface area contributed by atoms with Gasteiger partial charge in [0, 0.05) is 0 Å². The summed E-state index contributed by atoms with van der Waals surface area (Å²) in [6.45, 7) is 0. The van der Waals surface area contributed by atoms with E-state index in [4.69, 9.17) is 0 Å². The maximum absolute atomic E-state index is 11.7. The van der Waals surface area contributed by atoms with Gasteiger partial charge in [-0.05, 0) is 0 Å². The summed E-state index contributed by atoms with van der Waals surface area (Å²) in [5, 5.41) is -5.40. The van der Waals surface area contributed by atoms with Crippen LogP contribution in [0.2, 0.25) is 0 Å². The Hall–Kier alpha value is -0.470. The molecule has 0 aliphatic carbocycles. The van der Waals surface area contributed by atoms with Crippen LogP contribution < -0.4 is 0 Å². The van der Waals surface area contributed by atoms with Crippen molar-refractivity contribution in [2.75, 3.05) is 0 Å². The minimum absolute atomic E-state index is 4.67. The van der Waals surface area contributed by atoms with Gasteiger partial charge < -0.3 is 0 Å². The molecule has 0 spiro atoms. The number of hydrogen-bond acceptors (Lipinski definition) is 2. The standard InChI is InChI=1S/C3H2F6O2S/c4-1(2(5,6)7)3(8,9)12(10)11/h1,12H. The highest BCUT2D eigenvalue weighted by molar-refractivity contribution is 7.73. The molecule has 9 heteroatoms. The van der Waals surface area contributed by atoms with Gasteiger partial charge in [-0.3, -0.25) is 0 Å². The first kappa shape index (κ1) is 11.5. The lowest BCUT2D eigenvalue weighted by molar-refractivity contribution is -0.221. The summed E-state index contributed by atoms with van der Waals surface area (Å²) in [5.74, 6) is 0. The van der Waals surface area contributed by atoms with Gasteiger partial charge in [0.1, 0.15) is 0 Å². The maximum Gasteiger partial charge on any atom is 0.426 e. The number of hydrogen-bond donors (Lipinski definition) is 1. The first-order chi connectivity index (χ1) is 5.10. The largest absolute Gasteiger partial charge is 0.426 e. The molecule has 0 aromatic rings. The molecule has 12 heavy (non-hydrogen) atoms. The van der Waals surface area contributed by atoms with E-state index >= 15 is 0 Å². The molecular weight excluding hydrogens is 214 g/mol. The van der Waals surface area contributed by atoms with E-state index in [1.807, 2.05) is 0 Å². The van der Waals surface area contributed by atoms with Crippen LogP contribution in [0.4, 0.5) is 26.3 Å². The summed E-state index contributed by atoms with van der Waals surface area (Å²) in [4.78, 5) is 0. The van der Waals surface area contributed by atoms with Crippen molar-refractivity contribution >= 4 is 10.7 Å². The predicted octanol–water partition coefficient (Wildman–Crippen LogP) is 1.09. The van der Waals surface area contributed by atoms with E-state index in [1.165, 1.54) is 0 Å². The second-order valence-corrected chi connectivity index (χ2v) is 2.86. The lowest BCUT2D eigenvalue weighted by Crippen LogP contribution is -2.42. The topological polar surface area (TPSA) is 34.1 Å². The van der Waals surface area contributed by atoms with Crippen LogP contribution in [-0.4, -0.2) is 26.0 Å². The van der Waals surface area contributed by atoms with E-state index < -0.39 is 28.3 Å². The van der Waals surface area contributed by atoms with Crippen LogP contribution >= 0.6 is 0 Å². The van der Waals surface area contributed by atoms with Gasteiger partial charge in [-0.2, -0.15) is 22.0 Å². The smallest absolute Gasteiger partial charge is 0.229 e. The Morgan fingerprint density at radius 1 is 1.00 bits per heavy atom. The van der Waals surface area contributed by atoms with E-state index in [9.17, 15) is 34.8 Å². The zero-order chi connectivity index (χ0) is 10.2. The Labute approximate surface area is 64.1 Å². The van der Waals surface area contributed by atoms with Gasteiger partial charge in [0.2, 0.25) is 10.7 Å². The zero-order valence-corrected chi connectivity index (χ0v) is 6.00. The van der Waals surface area contributed by atoms with Gasteiger partial charge in [0.15, 0.2) is 0 Å². The third-order valence-corrected chi connectivity index (χ3v) is 1.55. The molecule has 74 valence electrons. The van der Waals surface area contributed by atoms with Gasteiger partial charge in [-0.15, -0.1) is 0 Å². The Bertz CT molecular complexity index is 221. The van der Waals surface area contributed by atoms with Crippen molar-refractivity contribution in [3.63, 3.8) is 0 Å². The van der Waals surface area contributed by atoms with Crippen molar-refractivity contribution in [3.05, 3.63) is 0 Å². The molecule has 1 atom stereocenters. The van der Waals surface area contributed by atoms with Gasteiger partial charge in [0.25, 0.3) is 6.17 Å². The minimum atomic E-state index is -5.88. The summed E-state index contributed by atoms with van der Waals surface area (Å²) in [5.41, 5.74) is 0. The Morgan fingerprint density at radius 2 is 1.33 bits per heavy atom. The molecule has 0 radical (unpaired) electrons. The zero-order valence-electron chi connectivity index (χ0n) is 5.11. The molecule has 0 saturated carbocycles. The molecule has 2 nitrogen and oxygen atoms in total. The fourth-order valence-electron chi connectivity index (χ4n) is 0.289. The second kappa shape index (κ2) is 3.11. The average Bonchev–Trinajstić information content (AvgIpc) is 1.83. The van der Waals surface area contributed by atoms with Crippen molar-refractivity contribution in [2.45, 2.75) is 17.6 Å². The highest BCUT2D eigenvalue weighted by atomic mass is 32.2. The molecule has 0 saturated heterocycles. The van der Waals surface area contributed by atoms with Crippen molar-refractivity contribution in [3.8, 4) is 0 Å². The molecule has 0 bridgehead atoms.